The highest BCUT2D eigenvalue weighted by Gasteiger charge is 2.03. The fraction of sp³-hybridized carbons (Fsp3) is 0.933. The van der Waals surface area contributed by atoms with Crippen molar-refractivity contribution in [1.82, 2.24) is 5.32 Å². The van der Waals surface area contributed by atoms with Gasteiger partial charge in [-0.3, -0.25) is 4.79 Å². The van der Waals surface area contributed by atoms with Crippen molar-refractivity contribution in [1.29, 1.82) is 0 Å². The number of amides is 1. The first-order chi connectivity index (χ1) is 8.02. The largest absolute Gasteiger partial charge is 0.356 e. The van der Waals surface area contributed by atoms with Crippen LogP contribution in [0.1, 0.15) is 72.6 Å². The zero-order valence-electron chi connectivity index (χ0n) is 12.2. The summed E-state index contributed by atoms with van der Waals surface area (Å²) in [5, 5.41) is 2.98. The van der Waals surface area contributed by atoms with Crippen LogP contribution in [0.2, 0.25) is 0 Å². The lowest BCUT2D eigenvalue weighted by molar-refractivity contribution is -0.121. The van der Waals surface area contributed by atoms with Gasteiger partial charge in [0.25, 0.3) is 0 Å². The highest BCUT2D eigenvalue weighted by molar-refractivity contribution is 5.75. The molecule has 0 aromatic carbocycles. The van der Waals surface area contributed by atoms with Gasteiger partial charge in [0, 0.05) is 13.0 Å². The molecule has 0 aliphatic carbocycles. The first kappa shape index (κ1) is 16.5. The van der Waals surface area contributed by atoms with Crippen molar-refractivity contribution in [3.63, 3.8) is 0 Å². The summed E-state index contributed by atoms with van der Waals surface area (Å²) in [6, 6.07) is 0. The normalized spacial score (nSPS) is 11.2. The number of unbranched alkanes of at least 4 members (excludes halogenated alkanes) is 4. The van der Waals surface area contributed by atoms with Gasteiger partial charge in [-0.25, -0.2) is 0 Å². The van der Waals surface area contributed by atoms with E-state index in [1.807, 2.05) is 0 Å². The Hall–Kier alpha value is -0.530. The smallest absolute Gasteiger partial charge is 0.220 e. The Balaban J connectivity index is 3.16. The number of rotatable bonds is 10. The lowest BCUT2D eigenvalue weighted by Gasteiger charge is -2.07. The van der Waals surface area contributed by atoms with Crippen LogP contribution in [-0.2, 0) is 4.79 Å². The van der Waals surface area contributed by atoms with Crippen LogP contribution in [0.3, 0.4) is 0 Å². The summed E-state index contributed by atoms with van der Waals surface area (Å²) in [4.78, 5) is 11.4. The van der Waals surface area contributed by atoms with Crippen molar-refractivity contribution in [2.24, 2.45) is 11.8 Å². The molecule has 0 aromatic rings. The Bertz CT molecular complexity index is 187. The van der Waals surface area contributed by atoms with Crippen molar-refractivity contribution < 1.29 is 4.79 Å². The molecule has 2 nitrogen and oxygen atoms in total. The van der Waals surface area contributed by atoms with Gasteiger partial charge >= 0.3 is 0 Å². The fourth-order valence-electron chi connectivity index (χ4n) is 1.88. The minimum atomic E-state index is 0.208. The zero-order valence-corrected chi connectivity index (χ0v) is 12.2. The highest BCUT2D eigenvalue weighted by Crippen LogP contribution is 2.10. The zero-order chi connectivity index (χ0) is 13.1. The predicted molar refractivity (Wildman–Crippen MR) is 75.0 cm³/mol. The van der Waals surface area contributed by atoms with E-state index in [0.29, 0.717) is 12.3 Å². The first-order valence-corrected chi connectivity index (χ1v) is 7.29. The average Bonchev–Trinajstić information content (AvgIpc) is 2.20. The van der Waals surface area contributed by atoms with Gasteiger partial charge in [-0.1, -0.05) is 59.8 Å². The molecule has 0 bridgehead atoms. The van der Waals surface area contributed by atoms with Crippen LogP contribution in [0.4, 0.5) is 0 Å². The molecule has 17 heavy (non-hydrogen) atoms. The van der Waals surface area contributed by atoms with Gasteiger partial charge in [0.1, 0.15) is 0 Å². The summed E-state index contributed by atoms with van der Waals surface area (Å²) < 4.78 is 0. The maximum atomic E-state index is 11.4. The Morgan fingerprint density at radius 2 is 1.47 bits per heavy atom. The monoisotopic (exact) mass is 241 g/mol. The highest BCUT2D eigenvalue weighted by atomic mass is 16.1. The number of hydrogen-bond acceptors (Lipinski definition) is 1. The molecule has 0 aromatic heterocycles. The molecule has 0 spiro atoms. The van der Waals surface area contributed by atoms with Gasteiger partial charge < -0.3 is 5.32 Å². The predicted octanol–water partition coefficient (Wildman–Crippen LogP) is 4.15. The van der Waals surface area contributed by atoms with Crippen molar-refractivity contribution >= 4 is 5.91 Å². The van der Waals surface area contributed by atoms with E-state index in [9.17, 15) is 4.79 Å². The van der Waals surface area contributed by atoms with Gasteiger partial charge in [0.2, 0.25) is 5.91 Å². The quantitative estimate of drug-likeness (QED) is 0.572. The number of nitrogens with one attached hydrogen (secondary N) is 1. The van der Waals surface area contributed by atoms with E-state index >= 15 is 0 Å². The molecule has 0 fully saturated rings. The Labute approximate surface area is 108 Å². The molecule has 0 saturated carbocycles. The molecule has 0 heterocycles. The fourth-order valence-corrected chi connectivity index (χ4v) is 1.88. The van der Waals surface area contributed by atoms with Gasteiger partial charge in [0.05, 0.1) is 0 Å². The molecule has 102 valence electrons. The van der Waals surface area contributed by atoms with Gasteiger partial charge in [-0.15, -0.1) is 0 Å². The van der Waals surface area contributed by atoms with E-state index in [1.54, 1.807) is 0 Å². The minimum absolute atomic E-state index is 0.208. The van der Waals surface area contributed by atoms with Gasteiger partial charge in [-0.2, -0.15) is 0 Å². The standard InChI is InChI=1S/C15H31NO/c1-13(2)10-8-6-5-7-9-11-16-15(17)12-14(3)4/h13-14H,5-12H2,1-4H3,(H,16,17). The van der Waals surface area contributed by atoms with Crippen molar-refractivity contribution in [2.45, 2.75) is 72.6 Å². The van der Waals surface area contributed by atoms with Crippen LogP contribution in [-0.4, -0.2) is 12.5 Å². The topological polar surface area (TPSA) is 29.1 Å². The van der Waals surface area contributed by atoms with E-state index in [2.05, 4.69) is 33.0 Å². The average molecular weight is 241 g/mol. The van der Waals surface area contributed by atoms with Crippen LogP contribution in [0.15, 0.2) is 0 Å². The molecule has 0 radical (unpaired) electrons. The van der Waals surface area contributed by atoms with Crippen LogP contribution in [0.5, 0.6) is 0 Å². The Morgan fingerprint density at radius 3 is 2.06 bits per heavy atom. The third-order valence-electron chi connectivity index (χ3n) is 2.87. The SMILES string of the molecule is CC(C)CCCCCCCNC(=O)CC(C)C. The maximum Gasteiger partial charge on any atom is 0.220 e. The second-order valence-corrected chi connectivity index (χ2v) is 5.90. The van der Waals surface area contributed by atoms with Crippen LogP contribution in [0, 0.1) is 11.8 Å². The second-order valence-electron chi connectivity index (χ2n) is 5.90. The number of hydrogen-bond donors (Lipinski definition) is 1. The molecule has 2 heteroatoms. The number of carbonyl (C=O) groups is 1. The summed E-state index contributed by atoms with van der Waals surface area (Å²) in [5.74, 6) is 1.51. The van der Waals surface area contributed by atoms with Gasteiger partial charge in [0.15, 0.2) is 0 Å². The van der Waals surface area contributed by atoms with Crippen LogP contribution < -0.4 is 5.32 Å². The molecule has 0 aliphatic heterocycles. The van der Waals surface area contributed by atoms with Crippen LogP contribution in [0.25, 0.3) is 0 Å². The molecule has 0 atom stereocenters. The lowest BCUT2D eigenvalue weighted by atomic mass is 10.0. The summed E-state index contributed by atoms with van der Waals surface area (Å²) >= 11 is 0. The molecule has 0 saturated heterocycles. The lowest BCUT2D eigenvalue weighted by Crippen LogP contribution is -2.25. The summed E-state index contributed by atoms with van der Waals surface area (Å²) in [5.41, 5.74) is 0. The molecule has 0 rings (SSSR count). The molecule has 0 aliphatic rings. The summed E-state index contributed by atoms with van der Waals surface area (Å²) in [6.07, 6.45) is 8.41. The molecule has 0 unspecified atom stereocenters. The maximum absolute atomic E-state index is 11.4. The Morgan fingerprint density at radius 1 is 0.882 bits per heavy atom. The minimum Gasteiger partial charge on any atom is -0.356 e. The third-order valence-corrected chi connectivity index (χ3v) is 2.87. The van der Waals surface area contributed by atoms with Gasteiger partial charge in [-0.05, 0) is 18.3 Å². The van der Waals surface area contributed by atoms with E-state index in [4.69, 9.17) is 0 Å². The summed E-state index contributed by atoms with van der Waals surface area (Å²) in [6.45, 7) is 9.58. The molecular formula is C15H31NO. The molecule has 1 N–H and O–H groups in total. The number of carbonyl (C=O) groups excluding carboxylic acids is 1. The van der Waals surface area contributed by atoms with E-state index in [0.717, 1.165) is 18.9 Å². The molecular weight excluding hydrogens is 210 g/mol. The van der Waals surface area contributed by atoms with Crippen LogP contribution >= 0.6 is 0 Å². The van der Waals surface area contributed by atoms with Crippen molar-refractivity contribution in [3.05, 3.63) is 0 Å². The third kappa shape index (κ3) is 13.4. The second kappa shape index (κ2) is 10.6. The Kier molecular flexibility index (Phi) is 10.3. The van der Waals surface area contributed by atoms with E-state index in [-0.39, 0.29) is 5.91 Å². The van der Waals surface area contributed by atoms with Crippen molar-refractivity contribution in [2.75, 3.05) is 6.54 Å². The van der Waals surface area contributed by atoms with E-state index in [1.165, 1.54) is 32.1 Å². The summed E-state index contributed by atoms with van der Waals surface area (Å²) in [7, 11) is 0. The van der Waals surface area contributed by atoms with Crippen molar-refractivity contribution in [3.8, 4) is 0 Å². The van der Waals surface area contributed by atoms with E-state index < -0.39 is 0 Å². The molecule has 1 amide bonds. The first-order valence-electron chi connectivity index (χ1n) is 7.29.